The summed E-state index contributed by atoms with van der Waals surface area (Å²) in [6, 6.07) is 12.4. The summed E-state index contributed by atoms with van der Waals surface area (Å²) < 4.78 is 6.55. The van der Waals surface area contributed by atoms with Gasteiger partial charge in [0.2, 0.25) is 0 Å². The fraction of sp³-hybridized carbons (Fsp3) is 0.235. The second kappa shape index (κ2) is 7.65. The van der Waals surface area contributed by atoms with E-state index in [1.807, 2.05) is 6.07 Å². The Morgan fingerprint density at radius 2 is 2.05 bits per heavy atom. The van der Waals surface area contributed by atoms with E-state index in [1.54, 1.807) is 36.4 Å². The maximum absolute atomic E-state index is 12.5. The van der Waals surface area contributed by atoms with Crippen LogP contribution in [0.4, 0.5) is 5.69 Å². The van der Waals surface area contributed by atoms with E-state index >= 15 is 0 Å². The average Bonchev–Trinajstić information content (AvgIpc) is 2.45. The molecule has 22 heavy (non-hydrogen) atoms. The summed E-state index contributed by atoms with van der Waals surface area (Å²) >= 11 is 9.32. The van der Waals surface area contributed by atoms with Crippen LogP contribution in [0, 0.1) is 5.92 Å². The highest BCUT2D eigenvalue weighted by Crippen LogP contribution is 2.25. The van der Waals surface area contributed by atoms with E-state index in [0.717, 1.165) is 4.47 Å². The summed E-state index contributed by atoms with van der Waals surface area (Å²) in [5, 5.41) is 3.40. The molecule has 2 aromatic rings. The van der Waals surface area contributed by atoms with Gasteiger partial charge in [-0.25, -0.2) is 0 Å². The second-order valence-electron chi connectivity index (χ2n) is 5.31. The highest BCUT2D eigenvalue weighted by atomic mass is 79.9. The Morgan fingerprint density at radius 1 is 1.27 bits per heavy atom. The van der Waals surface area contributed by atoms with Gasteiger partial charge in [0, 0.05) is 15.2 Å². The van der Waals surface area contributed by atoms with Crippen molar-refractivity contribution in [2.24, 2.45) is 5.92 Å². The Kier molecular flexibility index (Phi) is 5.86. The van der Waals surface area contributed by atoms with Gasteiger partial charge in [-0.3, -0.25) is 4.79 Å². The van der Waals surface area contributed by atoms with Gasteiger partial charge in [0.15, 0.2) is 0 Å². The van der Waals surface area contributed by atoms with Gasteiger partial charge in [-0.05, 0) is 42.3 Å². The second-order valence-corrected chi connectivity index (χ2v) is 6.66. The molecule has 2 rings (SSSR count). The Bertz CT molecular complexity index is 673. The molecule has 2 aromatic carbocycles. The first-order chi connectivity index (χ1) is 10.5. The van der Waals surface area contributed by atoms with Gasteiger partial charge >= 0.3 is 0 Å². The molecule has 0 heterocycles. The quantitative estimate of drug-likeness (QED) is 0.753. The topological polar surface area (TPSA) is 38.3 Å². The maximum atomic E-state index is 12.5. The van der Waals surface area contributed by atoms with Crippen LogP contribution in [-0.2, 0) is 0 Å². The van der Waals surface area contributed by atoms with Crippen molar-refractivity contribution in [3.8, 4) is 5.75 Å². The van der Waals surface area contributed by atoms with Crippen molar-refractivity contribution in [3.63, 3.8) is 0 Å². The molecule has 0 saturated heterocycles. The first-order valence-electron chi connectivity index (χ1n) is 6.95. The van der Waals surface area contributed by atoms with E-state index in [-0.39, 0.29) is 5.91 Å². The summed E-state index contributed by atoms with van der Waals surface area (Å²) in [5.41, 5.74) is 1.13. The SMILES string of the molecule is CC(C)COc1ccc(Br)cc1C(=O)Nc1cccc(Cl)c1. The molecule has 5 heteroatoms. The fourth-order valence-corrected chi connectivity index (χ4v) is 2.38. The zero-order valence-corrected chi connectivity index (χ0v) is 14.7. The van der Waals surface area contributed by atoms with Crippen LogP contribution < -0.4 is 10.1 Å². The highest BCUT2D eigenvalue weighted by molar-refractivity contribution is 9.10. The van der Waals surface area contributed by atoms with Gasteiger partial charge in [-0.2, -0.15) is 0 Å². The van der Waals surface area contributed by atoms with Crippen LogP contribution in [-0.4, -0.2) is 12.5 Å². The minimum Gasteiger partial charge on any atom is -0.492 e. The number of rotatable bonds is 5. The number of amides is 1. The molecule has 0 spiro atoms. The Hall–Kier alpha value is -1.52. The molecule has 0 bridgehead atoms. The molecule has 0 aliphatic heterocycles. The number of anilines is 1. The van der Waals surface area contributed by atoms with Gasteiger partial charge in [-0.1, -0.05) is 47.4 Å². The Balaban J connectivity index is 2.22. The summed E-state index contributed by atoms with van der Waals surface area (Å²) in [5.74, 6) is 0.714. The van der Waals surface area contributed by atoms with E-state index in [2.05, 4.69) is 35.1 Å². The van der Waals surface area contributed by atoms with E-state index in [9.17, 15) is 4.79 Å². The Morgan fingerprint density at radius 3 is 2.73 bits per heavy atom. The van der Waals surface area contributed by atoms with Crippen LogP contribution in [0.15, 0.2) is 46.9 Å². The van der Waals surface area contributed by atoms with Crippen molar-refractivity contribution >= 4 is 39.1 Å². The number of ether oxygens (including phenoxy) is 1. The van der Waals surface area contributed by atoms with Gasteiger partial charge < -0.3 is 10.1 Å². The normalized spacial score (nSPS) is 10.6. The third-order valence-electron chi connectivity index (χ3n) is 2.84. The zero-order chi connectivity index (χ0) is 16.1. The van der Waals surface area contributed by atoms with Crippen molar-refractivity contribution in [3.05, 3.63) is 57.5 Å². The number of halogens is 2. The molecular weight excluding hydrogens is 366 g/mol. The monoisotopic (exact) mass is 381 g/mol. The minimum atomic E-state index is -0.234. The molecule has 0 radical (unpaired) electrons. The Labute approximate surface area is 143 Å². The lowest BCUT2D eigenvalue weighted by atomic mass is 10.1. The van der Waals surface area contributed by atoms with Crippen molar-refractivity contribution in [2.45, 2.75) is 13.8 Å². The molecule has 0 unspecified atom stereocenters. The first-order valence-corrected chi connectivity index (χ1v) is 8.12. The van der Waals surface area contributed by atoms with E-state index in [1.165, 1.54) is 0 Å². The van der Waals surface area contributed by atoms with Gasteiger partial charge in [-0.15, -0.1) is 0 Å². The van der Waals surface area contributed by atoms with Gasteiger partial charge in [0.05, 0.1) is 12.2 Å². The molecule has 0 aromatic heterocycles. The van der Waals surface area contributed by atoms with Crippen LogP contribution >= 0.6 is 27.5 Å². The lowest BCUT2D eigenvalue weighted by molar-refractivity contribution is 0.102. The van der Waals surface area contributed by atoms with Crippen LogP contribution in [0.3, 0.4) is 0 Å². The molecule has 0 aliphatic rings. The number of hydrogen-bond donors (Lipinski definition) is 1. The van der Waals surface area contributed by atoms with Crippen molar-refractivity contribution in [2.75, 3.05) is 11.9 Å². The first kappa shape index (κ1) is 16.8. The molecule has 1 N–H and O–H groups in total. The van der Waals surface area contributed by atoms with Crippen molar-refractivity contribution in [1.82, 2.24) is 0 Å². The molecular formula is C17H17BrClNO2. The summed E-state index contributed by atoms with van der Waals surface area (Å²) in [4.78, 5) is 12.5. The third-order valence-corrected chi connectivity index (χ3v) is 3.57. The number of benzene rings is 2. The van der Waals surface area contributed by atoms with Crippen molar-refractivity contribution < 1.29 is 9.53 Å². The lowest BCUT2D eigenvalue weighted by Crippen LogP contribution is -2.15. The number of nitrogens with one attached hydrogen (secondary N) is 1. The molecule has 0 aliphatic carbocycles. The summed E-state index contributed by atoms with van der Waals surface area (Å²) in [6.07, 6.45) is 0. The fourth-order valence-electron chi connectivity index (χ4n) is 1.83. The van der Waals surface area contributed by atoms with E-state index in [4.69, 9.17) is 16.3 Å². The molecule has 0 saturated carbocycles. The predicted octanol–water partition coefficient (Wildman–Crippen LogP) is 5.39. The number of carbonyl (C=O) groups excluding carboxylic acids is 1. The highest BCUT2D eigenvalue weighted by Gasteiger charge is 2.14. The maximum Gasteiger partial charge on any atom is 0.259 e. The largest absolute Gasteiger partial charge is 0.492 e. The van der Waals surface area contributed by atoms with Crippen LogP contribution in [0.2, 0.25) is 5.02 Å². The van der Waals surface area contributed by atoms with Gasteiger partial charge in [0.25, 0.3) is 5.91 Å². The minimum absolute atomic E-state index is 0.234. The molecule has 1 amide bonds. The summed E-state index contributed by atoms with van der Waals surface area (Å²) in [6.45, 7) is 4.67. The zero-order valence-electron chi connectivity index (χ0n) is 12.4. The number of carbonyl (C=O) groups is 1. The standard InChI is InChI=1S/C17H17BrClNO2/c1-11(2)10-22-16-7-6-12(18)8-15(16)17(21)20-14-5-3-4-13(19)9-14/h3-9,11H,10H2,1-2H3,(H,20,21). The van der Waals surface area contributed by atoms with E-state index < -0.39 is 0 Å². The van der Waals surface area contributed by atoms with Gasteiger partial charge in [0.1, 0.15) is 5.75 Å². The van der Waals surface area contributed by atoms with Crippen LogP contribution in [0.25, 0.3) is 0 Å². The smallest absolute Gasteiger partial charge is 0.259 e. The lowest BCUT2D eigenvalue weighted by Gasteiger charge is -2.14. The molecule has 0 atom stereocenters. The third kappa shape index (κ3) is 4.75. The molecule has 3 nitrogen and oxygen atoms in total. The van der Waals surface area contributed by atoms with E-state index in [0.29, 0.717) is 34.5 Å². The van der Waals surface area contributed by atoms with Crippen LogP contribution in [0.5, 0.6) is 5.75 Å². The predicted molar refractivity (Wildman–Crippen MR) is 93.9 cm³/mol. The molecule has 116 valence electrons. The number of hydrogen-bond acceptors (Lipinski definition) is 2. The average molecular weight is 383 g/mol. The molecule has 0 fully saturated rings. The van der Waals surface area contributed by atoms with Crippen LogP contribution in [0.1, 0.15) is 24.2 Å². The van der Waals surface area contributed by atoms with Crippen molar-refractivity contribution in [1.29, 1.82) is 0 Å². The summed E-state index contributed by atoms with van der Waals surface area (Å²) in [7, 11) is 0.